The first-order valence-electron chi connectivity index (χ1n) is 9.53. The Morgan fingerprint density at radius 3 is 2.57 bits per heavy atom. The lowest BCUT2D eigenvalue weighted by atomic mass is 10.1. The Morgan fingerprint density at radius 1 is 1.23 bits per heavy atom. The van der Waals surface area contributed by atoms with Gasteiger partial charge in [-0.25, -0.2) is 0 Å². The summed E-state index contributed by atoms with van der Waals surface area (Å²) in [7, 11) is 0. The molecule has 0 saturated heterocycles. The van der Waals surface area contributed by atoms with Crippen LogP contribution in [0.5, 0.6) is 0 Å². The van der Waals surface area contributed by atoms with Crippen molar-refractivity contribution in [3.8, 4) is 11.4 Å². The van der Waals surface area contributed by atoms with Crippen LogP contribution in [0.2, 0.25) is 5.02 Å². The van der Waals surface area contributed by atoms with E-state index in [0.29, 0.717) is 40.8 Å². The molecular formula is C21H21ClN4O4. The van der Waals surface area contributed by atoms with E-state index in [4.69, 9.17) is 16.1 Å². The average Bonchev–Trinajstić information content (AvgIpc) is 3.23. The molecule has 0 bridgehead atoms. The fourth-order valence-electron chi connectivity index (χ4n) is 2.95. The molecule has 0 N–H and O–H groups in total. The van der Waals surface area contributed by atoms with E-state index in [-0.39, 0.29) is 17.6 Å². The predicted octanol–water partition coefficient (Wildman–Crippen LogP) is 4.78. The lowest BCUT2D eigenvalue weighted by molar-refractivity contribution is -0.384. The molecule has 0 saturated carbocycles. The van der Waals surface area contributed by atoms with E-state index >= 15 is 0 Å². The van der Waals surface area contributed by atoms with Crippen molar-refractivity contribution in [2.45, 2.75) is 32.7 Å². The van der Waals surface area contributed by atoms with Gasteiger partial charge in [-0.1, -0.05) is 35.8 Å². The third kappa shape index (κ3) is 4.83. The number of nitro benzene ring substituents is 1. The van der Waals surface area contributed by atoms with Crippen molar-refractivity contribution in [1.29, 1.82) is 0 Å². The Bertz CT molecular complexity index is 1040. The zero-order valence-corrected chi connectivity index (χ0v) is 17.4. The van der Waals surface area contributed by atoms with Gasteiger partial charge in [-0.2, -0.15) is 4.98 Å². The zero-order chi connectivity index (χ0) is 21.7. The van der Waals surface area contributed by atoms with E-state index in [1.807, 2.05) is 13.8 Å². The van der Waals surface area contributed by atoms with Gasteiger partial charge in [-0.3, -0.25) is 14.9 Å². The maximum Gasteiger partial charge on any atom is 0.269 e. The minimum atomic E-state index is -0.467. The normalized spacial score (nSPS) is 11.8. The average molecular weight is 429 g/mol. The molecule has 3 rings (SSSR count). The fraction of sp³-hybridized carbons (Fsp3) is 0.286. The second kappa shape index (κ2) is 9.49. The number of benzene rings is 2. The number of aromatic nitrogens is 2. The number of rotatable bonds is 8. The second-order valence-corrected chi connectivity index (χ2v) is 7.21. The van der Waals surface area contributed by atoms with Crippen LogP contribution in [0.1, 0.15) is 36.5 Å². The van der Waals surface area contributed by atoms with E-state index in [1.165, 1.54) is 12.1 Å². The van der Waals surface area contributed by atoms with Gasteiger partial charge in [0.15, 0.2) is 0 Å². The molecule has 156 valence electrons. The molecule has 1 aromatic heterocycles. The summed E-state index contributed by atoms with van der Waals surface area (Å²) in [6, 6.07) is 12.9. The molecule has 0 aliphatic heterocycles. The fourth-order valence-corrected chi connectivity index (χ4v) is 3.17. The number of hydrogen-bond acceptors (Lipinski definition) is 6. The summed E-state index contributed by atoms with van der Waals surface area (Å²) >= 11 is 6.20. The molecule has 8 nitrogen and oxygen atoms in total. The van der Waals surface area contributed by atoms with Gasteiger partial charge in [0, 0.05) is 36.7 Å². The highest BCUT2D eigenvalue weighted by Crippen LogP contribution is 2.22. The van der Waals surface area contributed by atoms with E-state index in [1.54, 1.807) is 41.3 Å². The second-order valence-electron chi connectivity index (χ2n) is 6.80. The summed E-state index contributed by atoms with van der Waals surface area (Å²) < 4.78 is 5.31. The number of halogens is 1. The van der Waals surface area contributed by atoms with Crippen molar-refractivity contribution in [2.75, 3.05) is 6.54 Å². The molecular weight excluding hydrogens is 408 g/mol. The highest BCUT2D eigenvalue weighted by molar-refractivity contribution is 6.33. The van der Waals surface area contributed by atoms with Crippen molar-refractivity contribution < 1.29 is 14.2 Å². The van der Waals surface area contributed by atoms with E-state index in [9.17, 15) is 14.9 Å². The van der Waals surface area contributed by atoms with Crippen molar-refractivity contribution in [3.63, 3.8) is 0 Å². The van der Waals surface area contributed by atoms with Crippen molar-refractivity contribution in [2.24, 2.45) is 0 Å². The third-order valence-electron chi connectivity index (χ3n) is 4.86. The van der Waals surface area contributed by atoms with E-state index in [2.05, 4.69) is 10.1 Å². The quantitative estimate of drug-likeness (QED) is 0.377. The predicted molar refractivity (Wildman–Crippen MR) is 112 cm³/mol. The van der Waals surface area contributed by atoms with Crippen molar-refractivity contribution >= 4 is 23.2 Å². The summed E-state index contributed by atoms with van der Waals surface area (Å²) in [5.41, 5.74) is 1.06. The Morgan fingerprint density at radius 2 is 1.93 bits per heavy atom. The van der Waals surface area contributed by atoms with Gasteiger partial charge in [0.05, 0.1) is 15.5 Å². The van der Waals surface area contributed by atoms with Crippen molar-refractivity contribution in [3.05, 3.63) is 75.1 Å². The van der Waals surface area contributed by atoms with Crippen LogP contribution in [-0.2, 0) is 6.42 Å². The molecule has 1 atom stereocenters. The number of carbonyl (C=O) groups excluding carboxylic acids is 1. The SMILES string of the molecule is CCC(C)N(CCc1nc(-c2ccc([N+](=O)[O-])cc2)no1)C(=O)c1ccccc1Cl. The summed E-state index contributed by atoms with van der Waals surface area (Å²) in [6.07, 6.45) is 1.16. The smallest absolute Gasteiger partial charge is 0.269 e. The van der Waals surface area contributed by atoms with Crippen LogP contribution in [0.25, 0.3) is 11.4 Å². The van der Waals surface area contributed by atoms with Crippen LogP contribution in [0, 0.1) is 10.1 Å². The van der Waals surface area contributed by atoms with Gasteiger partial charge in [0.1, 0.15) is 0 Å². The lowest BCUT2D eigenvalue weighted by Gasteiger charge is -2.28. The molecule has 30 heavy (non-hydrogen) atoms. The van der Waals surface area contributed by atoms with Gasteiger partial charge in [-0.05, 0) is 37.6 Å². The number of nitrogens with zero attached hydrogens (tertiary/aromatic N) is 4. The number of amides is 1. The monoisotopic (exact) mass is 428 g/mol. The standard InChI is InChI=1S/C21H21ClN4O4/c1-3-14(2)25(21(27)17-6-4-5-7-18(17)22)13-12-19-23-20(24-30-19)15-8-10-16(11-9-15)26(28)29/h4-11,14H,3,12-13H2,1-2H3. The van der Waals surface area contributed by atoms with Crippen LogP contribution in [0.3, 0.4) is 0 Å². The summed E-state index contributed by atoms with van der Waals surface area (Å²) in [5.74, 6) is 0.570. The highest BCUT2D eigenvalue weighted by Gasteiger charge is 2.23. The lowest BCUT2D eigenvalue weighted by Crippen LogP contribution is -2.40. The van der Waals surface area contributed by atoms with Gasteiger partial charge in [0.25, 0.3) is 11.6 Å². The Kier molecular flexibility index (Phi) is 6.79. The molecule has 1 heterocycles. The first kappa shape index (κ1) is 21.4. The first-order valence-corrected chi connectivity index (χ1v) is 9.91. The summed E-state index contributed by atoms with van der Waals surface area (Å²) in [5, 5.41) is 15.1. The number of nitro groups is 1. The van der Waals surface area contributed by atoms with Crippen LogP contribution in [0.4, 0.5) is 5.69 Å². The first-order chi connectivity index (χ1) is 14.4. The van der Waals surface area contributed by atoms with Crippen LogP contribution >= 0.6 is 11.6 Å². The van der Waals surface area contributed by atoms with Gasteiger partial charge < -0.3 is 9.42 Å². The largest absolute Gasteiger partial charge is 0.339 e. The summed E-state index contributed by atoms with van der Waals surface area (Å²) in [6.45, 7) is 4.38. The van der Waals surface area contributed by atoms with Gasteiger partial charge >= 0.3 is 0 Å². The maximum absolute atomic E-state index is 13.0. The number of non-ortho nitro benzene ring substituents is 1. The van der Waals surface area contributed by atoms with Crippen LogP contribution < -0.4 is 0 Å². The van der Waals surface area contributed by atoms with Gasteiger partial charge in [-0.15, -0.1) is 0 Å². The molecule has 1 unspecified atom stereocenters. The third-order valence-corrected chi connectivity index (χ3v) is 5.19. The molecule has 3 aromatic rings. The highest BCUT2D eigenvalue weighted by atomic mass is 35.5. The molecule has 0 spiro atoms. The number of carbonyl (C=O) groups is 1. The molecule has 0 radical (unpaired) electrons. The molecule has 2 aromatic carbocycles. The van der Waals surface area contributed by atoms with E-state index in [0.717, 1.165) is 6.42 Å². The maximum atomic E-state index is 13.0. The topological polar surface area (TPSA) is 102 Å². The zero-order valence-electron chi connectivity index (χ0n) is 16.6. The molecule has 1 amide bonds. The van der Waals surface area contributed by atoms with Crippen molar-refractivity contribution in [1.82, 2.24) is 15.0 Å². The molecule has 0 aliphatic carbocycles. The molecule has 0 fully saturated rings. The van der Waals surface area contributed by atoms with E-state index < -0.39 is 4.92 Å². The van der Waals surface area contributed by atoms with Crippen LogP contribution in [0.15, 0.2) is 53.1 Å². The summed E-state index contributed by atoms with van der Waals surface area (Å²) in [4.78, 5) is 29.4. The number of hydrogen-bond donors (Lipinski definition) is 0. The molecule has 0 aliphatic rings. The molecule has 9 heteroatoms. The van der Waals surface area contributed by atoms with Crippen LogP contribution in [-0.4, -0.2) is 38.5 Å². The Hall–Kier alpha value is -3.26. The Balaban J connectivity index is 1.73. The Labute approximate surface area is 178 Å². The minimum absolute atomic E-state index is 0.00540. The van der Waals surface area contributed by atoms with Gasteiger partial charge in [0.2, 0.25) is 11.7 Å². The minimum Gasteiger partial charge on any atom is -0.339 e.